The van der Waals surface area contributed by atoms with Crippen molar-refractivity contribution >= 4 is 12.0 Å². The number of carbonyl (C=O) groups excluding carboxylic acids is 1. The Morgan fingerprint density at radius 1 is 0.919 bits per heavy atom. The summed E-state index contributed by atoms with van der Waals surface area (Å²) in [6, 6.07) is 8.93. The zero-order valence-electron chi connectivity index (χ0n) is 22.3. The molecule has 2 aromatic rings. The first kappa shape index (κ1) is 26.7. The van der Waals surface area contributed by atoms with Crippen molar-refractivity contribution in [2.45, 2.75) is 43.7 Å². The number of hydrogen-bond donors (Lipinski definition) is 1. The molecule has 0 aromatic heterocycles. The van der Waals surface area contributed by atoms with Crippen LogP contribution in [0.4, 0.5) is 0 Å². The van der Waals surface area contributed by atoms with E-state index in [9.17, 15) is 9.90 Å². The lowest BCUT2D eigenvalue weighted by Gasteiger charge is -2.52. The van der Waals surface area contributed by atoms with Crippen LogP contribution in [0.2, 0.25) is 0 Å². The predicted molar refractivity (Wildman–Crippen MR) is 141 cm³/mol. The second kappa shape index (κ2) is 11.3. The zero-order chi connectivity index (χ0) is 26.6. The van der Waals surface area contributed by atoms with E-state index in [2.05, 4.69) is 0 Å². The number of hydrogen-bond acceptors (Lipinski definition) is 7. The quantitative estimate of drug-likeness (QED) is 0.517. The molecule has 3 unspecified atom stereocenters. The SMILES string of the molecule is COc1ccc(C2C3CCCCC3(O)CCN2C(=O)C=Cc2cc(OC)c(OC)c(OC)c2)c(OC)c1. The molecule has 0 radical (unpaired) electrons. The van der Waals surface area contributed by atoms with Crippen molar-refractivity contribution in [2.24, 2.45) is 5.92 Å². The Morgan fingerprint density at radius 3 is 2.24 bits per heavy atom. The summed E-state index contributed by atoms with van der Waals surface area (Å²) in [5, 5.41) is 11.6. The minimum Gasteiger partial charge on any atom is -0.497 e. The third kappa shape index (κ3) is 5.21. The van der Waals surface area contributed by atoms with E-state index in [4.69, 9.17) is 23.7 Å². The van der Waals surface area contributed by atoms with Gasteiger partial charge in [0.05, 0.1) is 47.2 Å². The highest BCUT2D eigenvalue weighted by molar-refractivity contribution is 5.92. The van der Waals surface area contributed by atoms with Crippen molar-refractivity contribution in [3.63, 3.8) is 0 Å². The summed E-state index contributed by atoms with van der Waals surface area (Å²) in [7, 11) is 7.89. The molecule has 1 aliphatic carbocycles. The Hall–Kier alpha value is -3.39. The fourth-order valence-corrected chi connectivity index (χ4v) is 5.84. The summed E-state index contributed by atoms with van der Waals surface area (Å²) in [6.07, 6.45) is 7.47. The molecule has 8 nitrogen and oxygen atoms in total. The summed E-state index contributed by atoms with van der Waals surface area (Å²) in [5.74, 6) is 2.62. The molecule has 1 aliphatic heterocycles. The first-order valence-corrected chi connectivity index (χ1v) is 12.6. The number of aliphatic hydroxyl groups is 1. The topological polar surface area (TPSA) is 86.7 Å². The van der Waals surface area contributed by atoms with Crippen molar-refractivity contribution in [3.8, 4) is 28.7 Å². The number of nitrogens with zero attached hydrogens (tertiary/aromatic N) is 1. The summed E-state index contributed by atoms with van der Waals surface area (Å²) >= 11 is 0. The summed E-state index contributed by atoms with van der Waals surface area (Å²) in [6.45, 7) is 0.450. The lowest BCUT2D eigenvalue weighted by Crippen LogP contribution is -2.56. The highest BCUT2D eigenvalue weighted by Gasteiger charge is 2.50. The number of benzene rings is 2. The second-order valence-electron chi connectivity index (χ2n) is 9.58. The maximum Gasteiger partial charge on any atom is 0.247 e. The van der Waals surface area contributed by atoms with Gasteiger partial charge in [-0.1, -0.05) is 12.8 Å². The Balaban J connectivity index is 1.70. The molecule has 4 rings (SSSR count). The van der Waals surface area contributed by atoms with Gasteiger partial charge in [0.25, 0.3) is 0 Å². The fourth-order valence-electron chi connectivity index (χ4n) is 5.84. The minimum atomic E-state index is -0.801. The Kier molecular flexibility index (Phi) is 8.17. The molecule has 0 spiro atoms. The molecule has 3 atom stereocenters. The third-order valence-corrected chi connectivity index (χ3v) is 7.72. The monoisotopic (exact) mass is 511 g/mol. The van der Waals surface area contributed by atoms with Crippen LogP contribution >= 0.6 is 0 Å². The van der Waals surface area contributed by atoms with Gasteiger partial charge in [0, 0.05) is 30.2 Å². The average Bonchev–Trinajstić information content (AvgIpc) is 2.93. The highest BCUT2D eigenvalue weighted by Crippen LogP contribution is 2.51. The van der Waals surface area contributed by atoms with Gasteiger partial charge in [-0.05, 0) is 55.2 Å². The van der Waals surface area contributed by atoms with Crippen LogP contribution in [0.3, 0.4) is 0 Å². The van der Waals surface area contributed by atoms with Crippen molar-refractivity contribution in [3.05, 3.63) is 47.5 Å². The van der Waals surface area contributed by atoms with Gasteiger partial charge in [-0.15, -0.1) is 0 Å². The molecule has 8 heteroatoms. The zero-order valence-corrected chi connectivity index (χ0v) is 22.3. The number of carbonyl (C=O) groups is 1. The molecule has 1 amide bonds. The predicted octanol–water partition coefficient (Wildman–Crippen LogP) is 4.64. The van der Waals surface area contributed by atoms with Gasteiger partial charge in [0.1, 0.15) is 11.5 Å². The summed E-state index contributed by atoms with van der Waals surface area (Å²) < 4.78 is 27.4. The van der Waals surface area contributed by atoms with Crippen LogP contribution in [0.1, 0.15) is 49.3 Å². The maximum absolute atomic E-state index is 13.7. The van der Waals surface area contributed by atoms with Crippen molar-refractivity contribution < 1.29 is 33.6 Å². The molecule has 1 heterocycles. The smallest absolute Gasteiger partial charge is 0.247 e. The molecule has 1 saturated heterocycles. The van der Waals surface area contributed by atoms with E-state index >= 15 is 0 Å². The van der Waals surface area contributed by atoms with Gasteiger partial charge in [0.15, 0.2) is 11.5 Å². The van der Waals surface area contributed by atoms with E-state index in [-0.39, 0.29) is 17.9 Å². The number of fused-ring (bicyclic) bond motifs is 1. The Bertz CT molecular complexity index is 1120. The van der Waals surface area contributed by atoms with Crippen LogP contribution < -0.4 is 23.7 Å². The van der Waals surface area contributed by atoms with Crippen molar-refractivity contribution in [1.29, 1.82) is 0 Å². The molecule has 200 valence electrons. The average molecular weight is 512 g/mol. The molecule has 1 N–H and O–H groups in total. The van der Waals surface area contributed by atoms with E-state index in [0.29, 0.717) is 41.7 Å². The fraction of sp³-hybridized carbons (Fsp3) is 0.483. The third-order valence-electron chi connectivity index (χ3n) is 7.72. The van der Waals surface area contributed by atoms with E-state index in [1.54, 1.807) is 59.8 Å². The van der Waals surface area contributed by atoms with E-state index in [1.165, 1.54) is 0 Å². The number of rotatable bonds is 8. The van der Waals surface area contributed by atoms with Crippen LogP contribution in [-0.2, 0) is 4.79 Å². The largest absolute Gasteiger partial charge is 0.497 e. The van der Waals surface area contributed by atoms with Gasteiger partial charge in [-0.25, -0.2) is 0 Å². The minimum absolute atomic E-state index is 0.0872. The number of piperidine rings is 1. The van der Waals surface area contributed by atoms with Crippen molar-refractivity contribution in [1.82, 2.24) is 4.90 Å². The summed E-state index contributed by atoms with van der Waals surface area (Å²) in [5.41, 5.74) is 0.820. The molecule has 2 aliphatic rings. The van der Waals surface area contributed by atoms with E-state index in [1.807, 2.05) is 23.1 Å². The number of methoxy groups -OCH3 is 5. The van der Waals surface area contributed by atoms with Gasteiger partial charge < -0.3 is 33.7 Å². The van der Waals surface area contributed by atoms with Crippen LogP contribution in [0.25, 0.3) is 6.08 Å². The van der Waals surface area contributed by atoms with Gasteiger partial charge in [0.2, 0.25) is 11.7 Å². The van der Waals surface area contributed by atoms with Crippen LogP contribution in [0, 0.1) is 5.92 Å². The number of likely N-dealkylation sites (tertiary alicyclic amines) is 1. The van der Waals surface area contributed by atoms with E-state index in [0.717, 1.165) is 36.8 Å². The Labute approximate surface area is 218 Å². The normalized spacial score (nSPS) is 23.4. The van der Waals surface area contributed by atoms with Gasteiger partial charge >= 0.3 is 0 Å². The first-order chi connectivity index (χ1) is 17.9. The lowest BCUT2D eigenvalue weighted by atomic mass is 9.66. The number of amides is 1. The van der Waals surface area contributed by atoms with Crippen LogP contribution in [-0.4, -0.2) is 63.6 Å². The van der Waals surface area contributed by atoms with Gasteiger partial charge in [-0.3, -0.25) is 4.79 Å². The highest BCUT2D eigenvalue weighted by atomic mass is 16.5. The van der Waals surface area contributed by atoms with Crippen LogP contribution in [0.15, 0.2) is 36.4 Å². The molecule has 37 heavy (non-hydrogen) atoms. The van der Waals surface area contributed by atoms with Crippen molar-refractivity contribution in [2.75, 3.05) is 42.1 Å². The maximum atomic E-state index is 13.7. The Morgan fingerprint density at radius 2 is 1.62 bits per heavy atom. The molecular weight excluding hydrogens is 474 g/mol. The molecule has 2 aromatic carbocycles. The lowest BCUT2D eigenvalue weighted by molar-refractivity contribution is -0.151. The molecule has 1 saturated carbocycles. The summed E-state index contributed by atoms with van der Waals surface area (Å²) in [4.78, 5) is 15.6. The van der Waals surface area contributed by atoms with Crippen LogP contribution in [0.5, 0.6) is 28.7 Å². The molecular formula is C29H37NO7. The first-order valence-electron chi connectivity index (χ1n) is 12.6. The van der Waals surface area contributed by atoms with E-state index < -0.39 is 5.60 Å². The molecule has 2 fully saturated rings. The second-order valence-corrected chi connectivity index (χ2v) is 9.58. The standard InChI is InChI=1S/C29H37NO7/c1-33-20-10-11-21(23(18-20)34-2)27-22-8-6-7-13-29(22,32)14-15-30(27)26(31)12-9-19-16-24(35-3)28(37-5)25(17-19)36-4/h9-12,16-18,22,27,32H,6-8,13-15H2,1-5H3. The molecule has 0 bridgehead atoms. The number of ether oxygens (including phenoxy) is 5. The van der Waals surface area contributed by atoms with Gasteiger partial charge in [-0.2, -0.15) is 0 Å².